The highest BCUT2D eigenvalue weighted by atomic mass is 14.1. The van der Waals surface area contributed by atoms with Crippen LogP contribution in [0.4, 0.5) is 0 Å². The van der Waals surface area contributed by atoms with E-state index in [-0.39, 0.29) is 0 Å². The molecule has 0 unspecified atom stereocenters. The lowest BCUT2D eigenvalue weighted by Crippen LogP contribution is -1.93. The van der Waals surface area contributed by atoms with E-state index in [1.54, 1.807) is 0 Å². The van der Waals surface area contributed by atoms with Crippen LogP contribution in [0.2, 0.25) is 0 Å². The van der Waals surface area contributed by atoms with Crippen LogP contribution in [0.15, 0.2) is 18.7 Å². The minimum absolute atomic E-state index is 1.06. The maximum absolute atomic E-state index is 3.80. The quantitative estimate of drug-likeness (QED) is 0.635. The zero-order valence-electron chi connectivity index (χ0n) is 7.85. The Bertz CT molecular complexity index is 271. The average molecular weight is 159 g/mol. The zero-order valence-corrected chi connectivity index (χ0v) is 7.85. The normalized spacial score (nSPS) is 9.83. The van der Waals surface area contributed by atoms with Crippen molar-refractivity contribution in [1.82, 2.24) is 0 Å². The molecule has 0 aliphatic rings. The first-order chi connectivity index (χ1) is 5.83. The molecule has 0 saturated carbocycles. The molecule has 0 atom stereocenters. The molecule has 1 aromatic carbocycles. The molecule has 12 heavy (non-hydrogen) atoms. The Hall–Kier alpha value is -1.04. The SMILES string of the molecule is C=Cc1cc[c]c(CC)c1CC. The van der Waals surface area contributed by atoms with Crippen molar-refractivity contribution < 1.29 is 0 Å². The van der Waals surface area contributed by atoms with E-state index in [0.29, 0.717) is 0 Å². The fourth-order valence-corrected chi connectivity index (χ4v) is 1.52. The van der Waals surface area contributed by atoms with Gasteiger partial charge < -0.3 is 0 Å². The third kappa shape index (κ3) is 1.58. The van der Waals surface area contributed by atoms with E-state index in [2.05, 4.69) is 32.6 Å². The summed E-state index contributed by atoms with van der Waals surface area (Å²) in [6.45, 7) is 8.14. The number of benzene rings is 1. The predicted molar refractivity (Wildman–Crippen MR) is 54.1 cm³/mol. The van der Waals surface area contributed by atoms with E-state index in [0.717, 1.165) is 12.8 Å². The summed E-state index contributed by atoms with van der Waals surface area (Å²) in [5.74, 6) is 0. The topological polar surface area (TPSA) is 0 Å². The van der Waals surface area contributed by atoms with E-state index in [1.807, 2.05) is 12.1 Å². The van der Waals surface area contributed by atoms with Crippen LogP contribution in [-0.2, 0) is 12.8 Å². The highest BCUT2D eigenvalue weighted by Gasteiger charge is 2.01. The van der Waals surface area contributed by atoms with Crippen LogP contribution in [0, 0.1) is 6.07 Å². The van der Waals surface area contributed by atoms with Gasteiger partial charge in [-0.1, -0.05) is 38.6 Å². The lowest BCUT2D eigenvalue weighted by molar-refractivity contribution is 1.03. The van der Waals surface area contributed by atoms with Crippen LogP contribution >= 0.6 is 0 Å². The Balaban J connectivity index is 3.21. The zero-order chi connectivity index (χ0) is 8.97. The second-order valence-electron chi connectivity index (χ2n) is 2.80. The van der Waals surface area contributed by atoms with Crippen LogP contribution in [0.25, 0.3) is 6.08 Å². The lowest BCUT2D eigenvalue weighted by Gasteiger charge is -2.07. The van der Waals surface area contributed by atoms with Gasteiger partial charge in [-0.15, -0.1) is 0 Å². The van der Waals surface area contributed by atoms with Gasteiger partial charge in [0.2, 0.25) is 0 Å². The molecule has 0 fully saturated rings. The Kier molecular flexibility index (Phi) is 3.09. The third-order valence-electron chi connectivity index (χ3n) is 2.16. The van der Waals surface area contributed by atoms with Crippen LogP contribution in [0.3, 0.4) is 0 Å². The maximum atomic E-state index is 3.80. The second-order valence-corrected chi connectivity index (χ2v) is 2.80. The molecular formula is C12H15. The van der Waals surface area contributed by atoms with Gasteiger partial charge in [-0.05, 0) is 35.6 Å². The monoisotopic (exact) mass is 159 g/mol. The van der Waals surface area contributed by atoms with Gasteiger partial charge in [0.25, 0.3) is 0 Å². The summed E-state index contributed by atoms with van der Waals surface area (Å²) in [4.78, 5) is 0. The number of hydrogen-bond acceptors (Lipinski definition) is 0. The summed E-state index contributed by atoms with van der Waals surface area (Å²) in [7, 11) is 0. The molecule has 1 rings (SSSR count). The molecule has 0 aliphatic carbocycles. The predicted octanol–water partition coefficient (Wildman–Crippen LogP) is 3.25. The lowest BCUT2D eigenvalue weighted by atomic mass is 9.97. The van der Waals surface area contributed by atoms with Crippen molar-refractivity contribution in [3.05, 3.63) is 41.5 Å². The Morgan fingerprint density at radius 1 is 1.42 bits per heavy atom. The van der Waals surface area contributed by atoms with Crippen LogP contribution in [0.5, 0.6) is 0 Å². The Labute approximate surface area is 74.9 Å². The molecule has 0 aliphatic heterocycles. The second kappa shape index (κ2) is 4.10. The largest absolute Gasteiger partial charge is 0.0985 e. The van der Waals surface area contributed by atoms with Crippen molar-refractivity contribution in [1.29, 1.82) is 0 Å². The van der Waals surface area contributed by atoms with Crippen molar-refractivity contribution in [2.45, 2.75) is 26.7 Å². The van der Waals surface area contributed by atoms with Crippen LogP contribution < -0.4 is 0 Å². The number of aryl methyl sites for hydroxylation is 1. The van der Waals surface area contributed by atoms with Gasteiger partial charge in [-0.2, -0.15) is 0 Å². The Morgan fingerprint density at radius 3 is 2.67 bits per heavy atom. The molecule has 0 spiro atoms. The fraction of sp³-hybridized carbons (Fsp3) is 0.333. The van der Waals surface area contributed by atoms with Gasteiger partial charge in [-0.25, -0.2) is 0 Å². The minimum atomic E-state index is 1.06. The molecule has 0 bridgehead atoms. The Morgan fingerprint density at radius 2 is 2.17 bits per heavy atom. The fourth-order valence-electron chi connectivity index (χ4n) is 1.52. The first kappa shape index (κ1) is 9.05. The van der Waals surface area contributed by atoms with Crippen molar-refractivity contribution in [2.24, 2.45) is 0 Å². The van der Waals surface area contributed by atoms with Crippen LogP contribution in [0.1, 0.15) is 30.5 Å². The van der Waals surface area contributed by atoms with Crippen molar-refractivity contribution in [3.8, 4) is 0 Å². The van der Waals surface area contributed by atoms with Gasteiger partial charge >= 0.3 is 0 Å². The summed E-state index contributed by atoms with van der Waals surface area (Å²) >= 11 is 0. The van der Waals surface area contributed by atoms with E-state index >= 15 is 0 Å². The smallest absolute Gasteiger partial charge is 0.0146 e. The van der Waals surface area contributed by atoms with Gasteiger partial charge in [0, 0.05) is 0 Å². The van der Waals surface area contributed by atoms with E-state index in [9.17, 15) is 0 Å². The van der Waals surface area contributed by atoms with E-state index in [4.69, 9.17) is 0 Å². The summed E-state index contributed by atoms with van der Waals surface area (Å²) in [6, 6.07) is 7.32. The summed E-state index contributed by atoms with van der Waals surface area (Å²) in [5.41, 5.74) is 3.98. The summed E-state index contributed by atoms with van der Waals surface area (Å²) in [6.07, 6.45) is 4.05. The molecule has 0 aromatic heterocycles. The third-order valence-corrected chi connectivity index (χ3v) is 2.16. The standard InChI is InChI=1S/C12H15/c1-4-10-8-7-9-11(5-2)12(10)6-3/h4,7-8H,1,5-6H2,2-3H3. The minimum Gasteiger partial charge on any atom is -0.0985 e. The summed E-state index contributed by atoms with van der Waals surface area (Å²) in [5, 5.41) is 0. The molecule has 1 radical (unpaired) electrons. The molecule has 0 amide bonds. The highest BCUT2D eigenvalue weighted by Crippen LogP contribution is 2.16. The van der Waals surface area contributed by atoms with Gasteiger partial charge in [-0.3, -0.25) is 0 Å². The average Bonchev–Trinajstić information content (AvgIpc) is 2.16. The van der Waals surface area contributed by atoms with Crippen molar-refractivity contribution in [3.63, 3.8) is 0 Å². The van der Waals surface area contributed by atoms with Gasteiger partial charge in [0.05, 0.1) is 0 Å². The highest BCUT2D eigenvalue weighted by molar-refractivity contribution is 5.54. The molecular weight excluding hydrogens is 144 g/mol. The molecule has 63 valence electrons. The van der Waals surface area contributed by atoms with Crippen molar-refractivity contribution >= 4 is 6.08 Å². The first-order valence-electron chi connectivity index (χ1n) is 4.48. The van der Waals surface area contributed by atoms with Gasteiger partial charge in [0.1, 0.15) is 0 Å². The summed E-state index contributed by atoms with van der Waals surface area (Å²) < 4.78 is 0. The number of rotatable bonds is 3. The molecule has 0 nitrogen and oxygen atoms in total. The number of hydrogen-bond donors (Lipinski definition) is 0. The van der Waals surface area contributed by atoms with E-state index in [1.165, 1.54) is 16.7 Å². The van der Waals surface area contributed by atoms with Crippen molar-refractivity contribution in [2.75, 3.05) is 0 Å². The molecule has 0 saturated heterocycles. The first-order valence-corrected chi connectivity index (χ1v) is 4.48. The van der Waals surface area contributed by atoms with E-state index < -0.39 is 0 Å². The molecule has 0 N–H and O–H groups in total. The maximum Gasteiger partial charge on any atom is -0.0146 e. The molecule has 0 heterocycles. The molecule has 0 heteroatoms. The van der Waals surface area contributed by atoms with Crippen LogP contribution in [-0.4, -0.2) is 0 Å². The molecule has 1 aromatic rings. The van der Waals surface area contributed by atoms with Gasteiger partial charge in [0.15, 0.2) is 0 Å².